The molecule has 0 bridgehead atoms. The maximum atomic E-state index is 12.8. The molecule has 2 aromatic carbocycles. The average molecular weight is 599 g/mol. The first kappa shape index (κ1) is 32.7. The van der Waals surface area contributed by atoms with E-state index in [4.69, 9.17) is 37.5 Å². The second kappa shape index (κ2) is 15.4. The quantitative estimate of drug-likeness (QED) is 0.0843. The summed E-state index contributed by atoms with van der Waals surface area (Å²) in [5.41, 5.74) is 13.0. The lowest BCUT2D eigenvalue weighted by Gasteiger charge is -2.23. The zero-order valence-corrected chi connectivity index (χ0v) is 25.7. The molecule has 6 N–H and O–H groups in total. The molecule has 1 atom stereocenters. The van der Waals surface area contributed by atoms with Crippen LogP contribution in [0.3, 0.4) is 0 Å². The fourth-order valence-corrected chi connectivity index (χ4v) is 4.69. The fraction of sp³-hybridized carbons (Fsp3) is 0.484. The standard InChI is InChI=1S/C31H43ClN6O4/c1-20-23-13-11-21(32)18-27(23)37-25-14-12-22(19-24(20)25)41-17-8-6-5-7-15-35-28(39)26(10-9-16-36-29(33)34)38-30(40)42-31(2,3)4/h11-14,18-19,26H,5-10,15-17H2,1-4H3,(H,35,39)(H,38,40)(H4,33,34,36)/t26-/m0/s1. The first-order chi connectivity index (χ1) is 19.9. The van der Waals surface area contributed by atoms with Crippen molar-refractivity contribution in [2.75, 3.05) is 19.7 Å². The van der Waals surface area contributed by atoms with Gasteiger partial charge in [-0.05, 0) is 89.3 Å². The van der Waals surface area contributed by atoms with E-state index in [1.165, 1.54) is 0 Å². The van der Waals surface area contributed by atoms with Crippen molar-refractivity contribution in [1.82, 2.24) is 15.6 Å². The number of guanidine groups is 1. The van der Waals surface area contributed by atoms with Gasteiger partial charge in [0.1, 0.15) is 17.4 Å². The molecule has 2 amide bonds. The number of fused-ring (bicyclic) bond motifs is 2. The van der Waals surface area contributed by atoms with E-state index < -0.39 is 17.7 Å². The van der Waals surface area contributed by atoms with Crippen LogP contribution in [0.25, 0.3) is 21.8 Å². The van der Waals surface area contributed by atoms with Gasteiger partial charge < -0.3 is 31.6 Å². The molecule has 0 unspecified atom stereocenters. The van der Waals surface area contributed by atoms with E-state index in [0.717, 1.165) is 58.8 Å². The number of aromatic nitrogens is 1. The van der Waals surface area contributed by atoms with E-state index in [1.807, 2.05) is 36.4 Å². The Morgan fingerprint density at radius 2 is 1.76 bits per heavy atom. The predicted octanol–water partition coefficient (Wildman–Crippen LogP) is 5.35. The number of nitrogens with zero attached hydrogens (tertiary/aromatic N) is 2. The summed E-state index contributed by atoms with van der Waals surface area (Å²) >= 11 is 6.14. The van der Waals surface area contributed by atoms with E-state index in [9.17, 15) is 9.59 Å². The van der Waals surface area contributed by atoms with Crippen molar-refractivity contribution >= 4 is 51.4 Å². The molecule has 3 aromatic rings. The minimum absolute atomic E-state index is 0.00834. The molecule has 0 saturated heterocycles. The van der Waals surface area contributed by atoms with Gasteiger partial charge >= 0.3 is 6.09 Å². The van der Waals surface area contributed by atoms with Gasteiger partial charge in [0.2, 0.25) is 5.91 Å². The molecule has 1 heterocycles. The van der Waals surface area contributed by atoms with Crippen molar-refractivity contribution in [1.29, 1.82) is 0 Å². The summed E-state index contributed by atoms with van der Waals surface area (Å²) in [5.74, 6) is 0.549. The van der Waals surface area contributed by atoms with Crippen LogP contribution in [-0.2, 0) is 9.53 Å². The Labute approximate surface area is 252 Å². The molecule has 10 nitrogen and oxygen atoms in total. The monoisotopic (exact) mass is 598 g/mol. The van der Waals surface area contributed by atoms with Crippen LogP contribution in [0.15, 0.2) is 41.4 Å². The lowest BCUT2D eigenvalue weighted by molar-refractivity contribution is -0.123. The average Bonchev–Trinajstić information content (AvgIpc) is 2.90. The number of halogens is 1. The van der Waals surface area contributed by atoms with Crippen molar-refractivity contribution in [3.63, 3.8) is 0 Å². The van der Waals surface area contributed by atoms with Crippen LogP contribution in [0.1, 0.15) is 64.9 Å². The number of carbonyl (C=O) groups excluding carboxylic acids is 2. The number of unbranched alkanes of at least 4 members (excludes halogenated alkanes) is 3. The number of aryl methyl sites for hydroxylation is 1. The molecule has 3 rings (SSSR count). The van der Waals surface area contributed by atoms with Crippen LogP contribution in [0.5, 0.6) is 5.75 Å². The van der Waals surface area contributed by atoms with E-state index in [-0.39, 0.29) is 11.9 Å². The lowest BCUT2D eigenvalue weighted by atomic mass is 10.0. The third-order valence-corrected chi connectivity index (χ3v) is 6.80. The second-order valence-electron chi connectivity index (χ2n) is 11.3. The van der Waals surface area contributed by atoms with E-state index in [2.05, 4.69) is 22.5 Å². The summed E-state index contributed by atoms with van der Waals surface area (Å²) in [6.07, 6.45) is 3.89. The topological polar surface area (TPSA) is 154 Å². The van der Waals surface area contributed by atoms with Gasteiger partial charge in [-0.3, -0.25) is 9.79 Å². The van der Waals surface area contributed by atoms with Gasteiger partial charge in [-0.1, -0.05) is 30.5 Å². The zero-order chi connectivity index (χ0) is 30.7. The zero-order valence-electron chi connectivity index (χ0n) is 25.0. The van der Waals surface area contributed by atoms with Crippen molar-refractivity contribution < 1.29 is 19.1 Å². The van der Waals surface area contributed by atoms with E-state index >= 15 is 0 Å². The van der Waals surface area contributed by atoms with E-state index in [0.29, 0.717) is 37.6 Å². The lowest BCUT2D eigenvalue weighted by Crippen LogP contribution is -2.48. The number of aliphatic imine (C=N–C) groups is 1. The molecule has 0 fully saturated rings. The summed E-state index contributed by atoms with van der Waals surface area (Å²) in [6, 6.07) is 11.0. The molecule has 0 spiro atoms. The first-order valence-electron chi connectivity index (χ1n) is 14.4. The Bertz CT molecular complexity index is 1400. The Hall–Kier alpha value is -3.79. The maximum absolute atomic E-state index is 12.8. The Balaban J connectivity index is 1.39. The fourth-order valence-electron chi connectivity index (χ4n) is 4.52. The number of hydrogen-bond acceptors (Lipinski definition) is 6. The summed E-state index contributed by atoms with van der Waals surface area (Å²) < 4.78 is 11.3. The molecule has 0 radical (unpaired) electrons. The van der Waals surface area contributed by atoms with Crippen molar-refractivity contribution in [2.45, 2.75) is 77.9 Å². The van der Waals surface area contributed by atoms with Crippen molar-refractivity contribution in [3.05, 3.63) is 47.0 Å². The van der Waals surface area contributed by atoms with Crippen LogP contribution in [0.4, 0.5) is 4.79 Å². The number of hydrogen-bond donors (Lipinski definition) is 4. The Morgan fingerprint density at radius 3 is 2.50 bits per heavy atom. The number of nitrogens with two attached hydrogens (primary N) is 2. The van der Waals surface area contributed by atoms with Gasteiger partial charge in [-0.2, -0.15) is 0 Å². The number of alkyl carbamates (subject to hydrolysis) is 1. The van der Waals surface area contributed by atoms with Gasteiger partial charge in [0.05, 0.1) is 17.6 Å². The highest BCUT2D eigenvalue weighted by Gasteiger charge is 2.24. The van der Waals surface area contributed by atoms with Crippen LogP contribution in [0, 0.1) is 6.92 Å². The SMILES string of the molecule is Cc1c2ccc(Cl)cc2nc2ccc(OCCCCCCNC(=O)[C@H](CCCN=C(N)N)NC(=O)OC(C)(C)C)cc12. The molecular weight excluding hydrogens is 556 g/mol. The molecule has 0 aliphatic rings. The number of amides is 2. The largest absolute Gasteiger partial charge is 0.494 e. The van der Waals surface area contributed by atoms with Gasteiger partial charge in [-0.25, -0.2) is 9.78 Å². The maximum Gasteiger partial charge on any atom is 0.408 e. The summed E-state index contributed by atoms with van der Waals surface area (Å²) in [5, 5.41) is 8.39. The minimum Gasteiger partial charge on any atom is -0.494 e. The van der Waals surface area contributed by atoms with Crippen molar-refractivity contribution in [2.24, 2.45) is 16.5 Å². The van der Waals surface area contributed by atoms with Gasteiger partial charge in [0.15, 0.2) is 5.96 Å². The number of ether oxygens (including phenoxy) is 2. The van der Waals surface area contributed by atoms with Crippen LogP contribution in [0.2, 0.25) is 5.02 Å². The molecule has 0 saturated carbocycles. The molecule has 11 heteroatoms. The number of rotatable bonds is 14. The Morgan fingerprint density at radius 1 is 1.00 bits per heavy atom. The highest BCUT2D eigenvalue weighted by molar-refractivity contribution is 6.31. The molecule has 1 aromatic heterocycles. The van der Waals surface area contributed by atoms with Gasteiger partial charge in [0.25, 0.3) is 0 Å². The molecule has 228 valence electrons. The highest BCUT2D eigenvalue weighted by atomic mass is 35.5. The molecule has 0 aliphatic heterocycles. The third kappa shape index (κ3) is 10.6. The van der Waals surface area contributed by atoms with Crippen LogP contribution >= 0.6 is 11.6 Å². The smallest absolute Gasteiger partial charge is 0.408 e. The van der Waals surface area contributed by atoms with E-state index in [1.54, 1.807) is 20.8 Å². The molecule has 0 aliphatic carbocycles. The second-order valence-corrected chi connectivity index (χ2v) is 11.7. The molecular formula is C31H43ClN6O4. The first-order valence-corrected chi connectivity index (χ1v) is 14.8. The minimum atomic E-state index is -0.737. The van der Waals surface area contributed by atoms with Crippen molar-refractivity contribution in [3.8, 4) is 5.75 Å². The summed E-state index contributed by atoms with van der Waals surface area (Å²) in [7, 11) is 0. The normalized spacial score (nSPS) is 12.1. The number of carbonyl (C=O) groups is 2. The third-order valence-electron chi connectivity index (χ3n) is 6.57. The van der Waals surface area contributed by atoms with Gasteiger partial charge in [0, 0.05) is 28.9 Å². The highest BCUT2D eigenvalue weighted by Crippen LogP contribution is 2.29. The number of pyridine rings is 1. The molecule has 42 heavy (non-hydrogen) atoms. The van der Waals surface area contributed by atoms with Gasteiger partial charge in [-0.15, -0.1) is 0 Å². The summed E-state index contributed by atoms with van der Waals surface area (Å²) in [4.78, 5) is 33.7. The van der Waals surface area contributed by atoms with Crippen LogP contribution in [-0.4, -0.2) is 54.3 Å². The van der Waals surface area contributed by atoms with Crippen LogP contribution < -0.4 is 26.8 Å². The summed E-state index contributed by atoms with van der Waals surface area (Å²) in [6.45, 7) is 8.87. The predicted molar refractivity (Wildman–Crippen MR) is 169 cm³/mol. The number of nitrogens with one attached hydrogen (secondary N) is 2. The number of benzene rings is 2. The Kier molecular flexibility index (Phi) is 12.0.